The van der Waals surface area contributed by atoms with Crippen molar-refractivity contribution in [1.29, 1.82) is 0 Å². The molecule has 6 heteroatoms. The molecule has 0 unspecified atom stereocenters. The summed E-state index contributed by atoms with van der Waals surface area (Å²) in [5, 5.41) is 7.42. The highest BCUT2D eigenvalue weighted by molar-refractivity contribution is 5.79. The first kappa shape index (κ1) is 16.5. The molecular weight excluding hydrogens is 280 g/mol. The molecule has 0 atom stereocenters. The van der Waals surface area contributed by atoms with Gasteiger partial charge in [-0.2, -0.15) is 5.10 Å². The molecule has 1 aromatic heterocycles. The lowest BCUT2D eigenvalue weighted by molar-refractivity contribution is -0.133. The Morgan fingerprint density at radius 2 is 1.91 bits per heavy atom. The first-order valence-electron chi connectivity index (χ1n) is 7.92. The third-order valence-corrected chi connectivity index (χ3v) is 4.64. The van der Waals surface area contributed by atoms with Crippen LogP contribution in [0, 0.1) is 19.8 Å². The zero-order chi connectivity index (χ0) is 16.3. The maximum absolute atomic E-state index is 12.2. The monoisotopic (exact) mass is 306 g/mol. The van der Waals surface area contributed by atoms with E-state index in [0.717, 1.165) is 30.7 Å². The second-order valence-electron chi connectivity index (χ2n) is 6.09. The molecular formula is C16H26N4O2. The van der Waals surface area contributed by atoms with Gasteiger partial charge in [-0.15, -0.1) is 0 Å². The van der Waals surface area contributed by atoms with Crippen LogP contribution < -0.4 is 5.32 Å². The molecule has 0 aromatic carbocycles. The quantitative estimate of drug-likeness (QED) is 0.901. The van der Waals surface area contributed by atoms with Crippen LogP contribution in [0.25, 0.3) is 0 Å². The molecule has 1 aliphatic heterocycles. The van der Waals surface area contributed by atoms with Crippen LogP contribution in [0.2, 0.25) is 0 Å². The third-order valence-electron chi connectivity index (χ3n) is 4.64. The van der Waals surface area contributed by atoms with Crippen molar-refractivity contribution in [3.8, 4) is 0 Å². The molecule has 1 fully saturated rings. The predicted molar refractivity (Wildman–Crippen MR) is 84.4 cm³/mol. The number of carbonyl (C=O) groups excluding carboxylic acids is 2. The van der Waals surface area contributed by atoms with Crippen molar-refractivity contribution in [2.45, 2.75) is 40.0 Å². The number of carbonyl (C=O) groups is 2. The molecule has 1 saturated heterocycles. The van der Waals surface area contributed by atoms with E-state index < -0.39 is 0 Å². The van der Waals surface area contributed by atoms with Gasteiger partial charge in [0.15, 0.2) is 0 Å². The van der Waals surface area contributed by atoms with Crippen molar-refractivity contribution < 1.29 is 9.59 Å². The van der Waals surface area contributed by atoms with Crippen LogP contribution in [-0.4, -0.2) is 46.1 Å². The van der Waals surface area contributed by atoms with E-state index in [-0.39, 0.29) is 17.7 Å². The minimum Gasteiger partial charge on any atom is -0.356 e. The van der Waals surface area contributed by atoms with Crippen molar-refractivity contribution >= 4 is 11.8 Å². The number of piperidine rings is 1. The van der Waals surface area contributed by atoms with Crippen molar-refractivity contribution in [1.82, 2.24) is 20.0 Å². The summed E-state index contributed by atoms with van der Waals surface area (Å²) in [6.45, 7) is 7.65. The second kappa shape index (κ2) is 6.94. The molecule has 22 heavy (non-hydrogen) atoms. The second-order valence-corrected chi connectivity index (χ2v) is 6.09. The summed E-state index contributed by atoms with van der Waals surface area (Å²) in [5.41, 5.74) is 3.40. The zero-order valence-electron chi connectivity index (χ0n) is 14.0. The van der Waals surface area contributed by atoms with E-state index in [9.17, 15) is 9.59 Å². The maximum Gasteiger partial charge on any atom is 0.223 e. The first-order chi connectivity index (χ1) is 10.4. The summed E-state index contributed by atoms with van der Waals surface area (Å²) < 4.78 is 1.88. The maximum atomic E-state index is 12.2. The van der Waals surface area contributed by atoms with E-state index in [1.54, 1.807) is 6.92 Å². The van der Waals surface area contributed by atoms with Gasteiger partial charge in [-0.05, 0) is 38.7 Å². The van der Waals surface area contributed by atoms with Gasteiger partial charge in [-0.3, -0.25) is 14.3 Å². The van der Waals surface area contributed by atoms with E-state index >= 15 is 0 Å². The Morgan fingerprint density at radius 1 is 1.27 bits per heavy atom. The number of nitrogens with zero attached hydrogens (tertiary/aromatic N) is 3. The molecule has 2 heterocycles. The lowest BCUT2D eigenvalue weighted by Crippen LogP contribution is -2.42. The molecule has 0 radical (unpaired) electrons. The Labute approximate surface area is 131 Å². The van der Waals surface area contributed by atoms with Gasteiger partial charge in [0, 0.05) is 45.2 Å². The smallest absolute Gasteiger partial charge is 0.223 e. The Bertz CT molecular complexity index is 557. The van der Waals surface area contributed by atoms with Gasteiger partial charge in [0.2, 0.25) is 11.8 Å². The summed E-state index contributed by atoms with van der Waals surface area (Å²) in [6.07, 6.45) is 2.33. The van der Waals surface area contributed by atoms with Crippen LogP contribution in [0.4, 0.5) is 0 Å². The number of hydrogen-bond acceptors (Lipinski definition) is 3. The number of amides is 2. The van der Waals surface area contributed by atoms with E-state index in [1.807, 2.05) is 23.6 Å². The van der Waals surface area contributed by atoms with Crippen molar-refractivity contribution in [2.75, 3.05) is 19.6 Å². The van der Waals surface area contributed by atoms with E-state index in [2.05, 4.69) is 17.3 Å². The van der Waals surface area contributed by atoms with Crippen LogP contribution in [0.3, 0.4) is 0 Å². The van der Waals surface area contributed by atoms with Crippen LogP contribution in [-0.2, 0) is 23.1 Å². The van der Waals surface area contributed by atoms with Gasteiger partial charge in [0.25, 0.3) is 0 Å². The number of nitrogens with one attached hydrogen (secondary N) is 1. The lowest BCUT2D eigenvalue weighted by Gasteiger charge is -2.30. The lowest BCUT2D eigenvalue weighted by atomic mass is 9.96. The average molecular weight is 306 g/mol. The van der Waals surface area contributed by atoms with Crippen molar-refractivity contribution in [3.63, 3.8) is 0 Å². The Kier molecular flexibility index (Phi) is 5.21. The number of aromatic nitrogens is 2. The minimum absolute atomic E-state index is 0.0340. The molecule has 2 amide bonds. The number of likely N-dealkylation sites (tertiary alicyclic amines) is 1. The average Bonchev–Trinajstić information content (AvgIpc) is 2.73. The summed E-state index contributed by atoms with van der Waals surface area (Å²) in [6, 6.07) is 0. The van der Waals surface area contributed by atoms with E-state index in [0.29, 0.717) is 19.6 Å². The molecule has 1 aliphatic rings. The molecule has 0 bridgehead atoms. The fourth-order valence-electron chi connectivity index (χ4n) is 3.09. The highest BCUT2D eigenvalue weighted by Gasteiger charge is 2.25. The largest absolute Gasteiger partial charge is 0.356 e. The molecule has 2 rings (SSSR count). The summed E-state index contributed by atoms with van der Waals surface area (Å²) >= 11 is 0. The van der Waals surface area contributed by atoms with Gasteiger partial charge in [0.1, 0.15) is 0 Å². The molecule has 0 spiro atoms. The highest BCUT2D eigenvalue weighted by atomic mass is 16.2. The first-order valence-corrected chi connectivity index (χ1v) is 7.92. The van der Waals surface area contributed by atoms with Gasteiger partial charge in [0.05, 0.1) is 5.69 Å². The molecule has 0 saturated carbocycles. The topological polar surface area (TPSA) is 67.2 Å². The van der Waals surface area contributed by atoms with E-state index in [1.165, 1.54) is 5.56 Å². The van der Waals surface area contributed by atoms with Gasteiger partial charge >= 0.3 is 0 Å². The van der Waals surface area contributed by atoms with Gasteiger partial charge in [-0.25, -0.2) is 0 Å². The predicted octanol–water partition coefficient (Wildman–Crippen LogP) is 0.954. The number of rotatable bonds is 4. The van der Waals surface area contributed by atoms with Gasteiger partial charge < -0.3 is 10.2 Å². The molecule has 1 aromatic rings. The summed E-state index contributed by atoms with van der Waals surface area (Å²) in [4.78, 5) is 25.3. The Balaban J connectivity index is 1.78. The number of hydrogen-bond donors (Lipinski definition) is 1. The molecule has 122 valence electrons. The van der Waals surface area contributed by atoms with Crippen LogP contribution >= 0.6 is 0 Å². The Morgan fingerprint density at radius 3 is 2.41 bits per heavy atom. The summed E-state index contributed by atoms with van der Waals surface area (Å²) in [7, 11) is 1.94. The van der Waals surface area contributed by atoms with Crippen molar-refractivity contribution in [3.05, 3.63) is 17.0 Å². The SMILES string of the molecule is CC(=O)N1CCC(C(=O)NCCc2c(C)nn(C)c2C)CC1. The summed E-state index contributed by atoms with van der Waals surface area (Å²) in [5.74, 6) is 0.246. The zero-order valence-corrected chi connectivity index (χ0v) is 14.0. The fraction of sp³-hybridized carbons (Fsp3) is 0.688. The molecule has 1 N–H and O–H groups in total. The Hall–Kier alpha value is -1.85. The molecule has 0 aliphatic carbocycles. The normalized spacial score (nSPS) is 15.9. The van der Waals surface area contributed by atoms with Crippen molar-refractivity contribution in [2.24, 2.45) is 13.0 Å². The third kappa shape index (κ3) is 3.67. The molecule has 6 nitrogen and oxygen atoms in total. The van der Waals surface area contributed by atoms with E-state index in [4.69, 9.17) is 0 Å². The van der Waals surface area contributed by atoms with Crippen LogP contribution in [0.15, 0.2) is 0 Å². The standard InChI is InChI=1S/C16H26N4O2/c1-11-15(12(2)19(4)18-11)5-8-17-16(22)14-6-9-20(10-7-14)13(3)21/h14H,5-10H2,1-4H3,(H,17,22). The minimum atomic E-state index is 0.0340. The van der Waals surface area contributed by atoms with Crippen LogP contribution in [0.1, 0.15) is 36.7 Å². The van der Waals surface area contributed by atoms with Crippen LogP contribution in [0.5, 0.6) is 0 Å². The fourth-order valence-corrected chi connectivity index (χ4v) is 3.09. The van der Waals surface area contributed by atoms with Gasteiger partial charge in [-0.1, -0.05) is 0 Å². The number of aryl methyl sites for hydroxylation is 2. The highest BCUT2D eigenvalue weighted by Crippen LogP contribution is 2.17.